The quantitative estimate of drug-likeness (QED) is 0.796. The van der Waals surface area contributed by atoms with E-state index in [0.717, 1.165) is 24.7 Å². The zero-order chi connectivity index (χ0) is 18.8. The largest absolute Gasteiger partial charge is 0.355 e. The number of hydrogen-bond acceptors (Lipinski definition) is 6. The average Bonchev–Trinajstić information content (AvgIpc) is 3.25. The van der Waals surface area contributed by atoms with Gasteiger partial charge >= 0.3 is 0 Å². The summed E-state index contributed by atoms with van der Waals surface area (Å²) < 4.78 is 1.43. The molecule has 27 heavy (non-hydrogen) atoms. The molecule has 0 bridgehead atoms. The van der Waals surface area contributed by atoms with E-state index in [1.54, 1.807) is 30.3 Å². The summed E-state index contributed by atoms with van der Waals surface area (Å²) in [6.45, 7) is 4.58. The van der Waals surface area contributed by atoms with Crippen LogP contribution in [0.5, 0.6) is 0 Å². The summed E-state index contributed by atoms with van der Waals surface area (Å²) in [5.41, 5.74) is -0.0310. The van der Waals surface area contributed by atoms with Crippen LogP contribution in [0.3, 0.4) is 0 Å². The number of anilines is 2. The standard InChI is InChI=1S/C19H24N6O2/c1-22-8-4-5-15(18(22)26)19(27)25-13-11-24(12-14-25)17-7-6-16(20-21-17)23-9-2-3-10-23/h4-8H,2-3,9-14H2,1H3. The first kappa shape index (κ1) is 17.5. The first-order valence-corrected chi connectivity index (χ1v) is 9.42. The number of aromatic nitrogens is 3. The first-order valence-electron chi connectivity index (χ1n) is 9.42. The summed E-state index contributed by atoms with van der Waals surface area (Å²) in [6, 6.07) is 7.35. The topological polar surface area (TPSA) is 74.6 Å². The highest BCUT2D eigenvalue weighted by molar-refractivity contribution is 5.94. The van der Waals surface area contributed by atoms with Crippen molar-refractivity contribution in [1.29, 1.82) is 0 Å². The lowest BCUT2D eigenvalue weighted by Gasteiger charge is -2.35. The van der Waals surface area contributed by atoms with Gasteiger partial charge in [-0.1, -0.05) is 0 Å². The molecular weight excluding hydrogens is 344 g/mol. The molecule has 0 aromatic carbocycles. The van der Waals surface area contributed by atoms with Crippen LogP contribution >= 0.6 is 0 Å². The summed E-state index contributed by atoms with van der Waals surface area (Å²) in [5, 5.41) is 8.75. The Morgan fingerprint density at radius 2 is 1.48 bits per heavy atom. The van der Waals surface area contributed by atoms with Crippen LogP contribution in [0, 0.1) is 0 Å². The normalized spacial score (nSPS) is 17.4. The Morgan fingerprint density at radius 3 is 2.07 bits per heavy atom. The third kappa shape index (κ3) is 3.51. The number of pyridine rings is 1. The van der Waals surface area contributed by atoms with E-state index in [1.165, 1.54) is 17.4 Å². The summed E-state index contributed by atoms with van der Waals surface area (Å²) in [6.07, 6.45) is 4.08. The highest BCUT2D eigenvalue weighted by Gasteiger charge is 2.25. The third-order valence-corrected chi connectivity index (χ3v) is 5.31. The molecule has 2 aliphatic heterocycles. The maximum atomic E-state index is 12.7. The number of hydrogen-bond donors (Lipinski definition) is 0. The van der Waals surface area contributed by atoms with Crippen molar-refractivity contribution in [3.63, 3.8) is 0 Å². The van der Waals surface area contributed by atoms with Crippen molar-refractivity contribution in [3.8, 4) is 0 Å². The molecule has 0 spiro atoms. The van der Waals surface area contributed by atoms with Gasteiger partial charge in [-0.05, 0) is 37.1 Å². The molecule has 8 nitrogen and oxygen atoms in total. The lowest BCUT2D eigenvalue weighted by atomic mass is 10.2. The van der Waals surface area contributed by atoms with Crippen molar-refractivity contribution >= 4 is 17.5 Å². The van der Waals surface area contributed by atoms with E-state index in [2.05, 4.69) is 20.0 Å². The van der Waals surface area contributed by atoms with Crippen LogP contribution in [-0.4, -0.2) is 64.8 Å². The van der Waals surface area contributed by atoms with Crippen molar-refractivity contribution < 1.29 is 4.79 Å². The molecule has 2 aromatic heterocycles. The van der Waals surface area contributed by atoms with Crippen LogP contribution < -0.4 is 15.4 Å². The van der Waals surface area contributed by atoms with Gasteiger partial charge in [0.25, 0.3) is 11.5 Å². The van der Waals surface area contributed by atoms with Crippen molar-refractivity contribution in [2.45, 2.75) is 12.8 Å². The zero-order valence-corrected chi connectivity index (χ0v) is 15.5. The second-order valence-electron chi connectivity index (χ2n) is 7.06. The van der Waals surface area contributed by atoms with Crippen molar-refractivity contribution in [2.24, 2.45) is 7.05 Å². The predicted octanol–water partition coefficient (Wildman–Crippen LogP) is 0.738. The Morgan fingerprint density at radius 1 is 0.889 bits per heavy atom. The van der Waals surface area contributed by atoms with Gasteiger partial charge in [-0.25, -0.2) is 0 Å². The molecule has 2 aliphatic rings. The molecule has 0 radical (unpaired) electrons. The summed E-state index contributed by atoms with van der Waals surface area (Å²) >= 11 is 0. The van der Waals surface area contributed by atoms with Crippen molar-refractivity contribution in [2.75, 3.05) is 49.1 Å². The molecule has 0 N–H and O–H groups in total. The van der Waals surface area contributed by atoms with Gasteiger partial charge in [-0.2, -0.15) is 0 Å². The Kier molecular flexibility index (Phi) is 4.79. The molecular formula is C19H24N6O2. The Labute approximate surface area is 158 Å². The lowest BCUT2D eigenvalue weighted by Crippen LogP contribution is -2.50. The van der Waals surface area contributed by atoms with Gasteiger partial charge in [0.05, 0.1) is 0 Å². The number of nitrogens with zero attached hydrogens (tertiary/aromatic N) is 6. The van der Waals surface area contributed by atoms with Crippen LogP contribution in [0.25, 0.3) is 0 Å². The molecule has 0 unspecified atom stereocenters. The van der Waals surface area contributed by atoms with Crippen LogP contribution in [0.4, 0.5) is 11.6 Å². The Balaban J connectivity index is 1.39. The van der Waals surface area contributed by atoms with Gasteiger partial charge in [0.1, 0.15) is 5.56 Å². The van der Waals surface area contributed by atoms with Crippen LogP contribution in [0.1, 0.15) is 23.2 Å². The van der Waals surface area contributed by atoms with E-state index in [-0.39, 0.29) is 17.0 Å². The second-order valence-corrected chi connectivity index (χ2v) is 7.06. The van der Waals surface area contributed by atoms with E-state index >= 15 is 0 Å². The third-order valence-electron chi connectivity index (χ3n) is 5.31. The van der Waals surface area contributed by atoms with E-state index in [0.29, 0.717) is 26.2 Å². The second kappa shape index (κ2) is 7.38. The molecule has 0 saturated carbocycles. The van der Waals surface area contributed by atoms with Gasteiger partial charge in [0.2, 0.25) is 0 Å². The molecule has 4 rings (SSSR count). The molecule has 8 heteroatoms. The van der Waals surface area contributed by atoms with E-state index in [4.69, 9.17) is 0 Å². The molecule has 2 saturated heterocycles. The molecule has 142 valence electrons. The maximum absolute atomic E-state index is 12.7. The molecule has 2 fully saturated rings. The first-order chi connectivity index (χ1) is 13.1. The van der Waals surface area contributed by atoms with E-state index < -0.39 is 0 Å². The minimum atomic E-state index is -0.256. The van der Waals surface area contributed by atoms with Crippen molar-refractivity contribution in [3.05, 3.63) is 46.4 Å². The van der Waals surface area contributed by atoms with Crippen LogP contribution in [-0.2, 0) is 7.05 Å². The number of amides is 1. The molecule has 1 amide bonds. The lowest BCUT2D eigenvalue weighted by molar-refractivity contribution is 0.0744. The predicted molar refractivity (Wildman–Crippen MR) is 103 cm³/mol. The SMILES string of the molecule is Cn1cccc(C(=O)N2CCN(c3ccc(N4CCCC4)nn3)CC2)c1=O. The smallest absolute Gasteiger partial charge is 0.263 e. The number of carbonyl (C=O) groups is 1. The number of aryl methyl sites for hydroxylation is 1. The highest BCUT2D eigenvalue weighted by atomic mass is 16.2. The summed E-state index contributed by atoms with van der Waals surface area (Å²) in [4.78, 5) is 31.0. The van der Waals surface area contributed by atoms with Gasteiger partial charge in [-0.15, -0.1) is 10.2 Å². The number of carbonyl (C=O) groups excluding carboxylic acids is 1. The van der Waals surface area contributed by atoms with Crippen molar-refractivity contribution in [1.82, 2.24) is 19.7 Å². The fourth-order valence-corrected chi connectivity index (χ4v) is 3.67. The van der Waals surface area contributed by atoms with Gasteiger partial charge in [0.15, 0.2) is 11.6 Å². The average molecular weight is 368 g/mol. The van der Waals surface area contributed by atoms with Gasteiger partial charge < -0.3 is 19.3 Å². The zero-order valence-electron chi connectivity index (χ0n) is 15.5. The Bertz CT molecular complexity index is 865. The highest BCUT2D eigenvalue weighted by Crippen LogP contribution is 2.20. The molecule has 2 aromatic rings. The number of rotatable bonds is 3. The summed E-state index contributed by atoms with van der Waals surface area (Å²) in [5.74, 6) is 1.57. The van der Waals surface area contributed by atoms with Crippen LogP contribution in [0.15, 0.2) is 35.3 Å². The summed E-state index contributed by atoms with van der Waals surface area (Å²) in [7, 11) is 1.65. The fraction of sp³-hybridized carbons (Fsp3) is 0.474. The number of piperazine rings is 1. The van der Waals surface area contributed by atoms with E-state index in [1.807, 2.05) is 12.1 Å². The fourth-order valence-electron chi connectivity index (χ4n) is 3.67. The van der Waals surface area contributed by atoms with Gasteiger partial charge in [0, 0.05) is 52.5 Å². The minimum Gasteiger partial charge on any atom is -0.355 e. The Hall–Kier alpha value is -2.90. The van der Waals surface area contributed by atoms with E-state index in [9.17, 15) is 9.59 Å². The van der Waals surface area contributed by atoms with Crippen LogP contribution in [0.2, 0.25) is 0 Å². The molecule has 0 atom stereocenters. The monoisotopic (exact) mass is 368 g/mol. The van der Waals surface area contributed by atoms with Gasteiger partial charge in [-0.3, -0.25) is 9.59 Å². The minimum absolute atomic E-state index is 0.202. The molecule has 0 aliphatic carbocycles. The maximum Gasteiger partial charge on any atom is 0.263 e. The molecule has 4 heterocycles.